The standard InChI is InChI=1S/C25H21F2N3O2.C18H15F2N3O2/c26-25(27)20-8-4-7-19(28-20)22(31)11-18-13-30-14-21(17-9-10-17)29-24(30)12-23(18)32-15-16-5-2-1-3-6-16;19-18(20)13-3-1-2-12(21-13)16(25)6-11-8-23-9-14(10-4-5-10)22-17(23)7-15(11)24/h1-8,12-14,17,25H,9-11,15H2;1-3,7-10,18,22H,4-6H2. The van der Waals surface area contributed by atoms with Gasteiger partial charge in [0.05, 0.1) is 5.69 Å². The van der Waals surface area contributed by atoms with Gasteiger partial charge in [-0.2, -0.15) is 0 Å². The van der Waals surface area contributed by atoms with Gasteiger partial charge in [0, 0.05) is 78.4 Å². The monoisotopic (exact) mass is 776 g/mol. The molecule has 10 nitrogen and oxygen atoms in total. The molecule has 2 saturated carbocycles. The van der Waals surface area contributed by atoms with Crippen LogP contribution in [0.5, 0.6) is 5.75 Å². The van der Waals surface area contributed by atoms with Crippen molar-refractivity contribution >= 4 is 22.9 Å². The van der Waals surface area contributed by atoms with Gasteiger partial charge < -0.3 is 18.5 Å². The Balaban J connectivity index is 0.000000165. The minimum absolute atomic E-state index is 0.0150. The molecule has 0 saturated heterocycles. The van der Waals surface area contributed by atoms with Crippen LogP contribution < -0.4 is 10.2 Å². The molecule has 0 bridgehead atoms. The molecule has 1 aromatic carbocycles. The number of nitrogens with zero attached hydrogens (tertiary/aromatic N) is 5. The third-order valence-electron chi connectivity index (χ3n) is 9.87. The van der Waals surface area contributed by atoms with E-state index in [0.29, 0.717) is 41.0 Å². The maximum atomic E-state index is 13.0. The maximum absolute atomic E-state index is 13.0. The number of alkyl halides is 4. The predicted molar refractivity (Wildman–Crippen MR) is 202 cm³/mol. The third kappa shape index (κ3) is 8.85. The number of H-pyrrole nitrogens is 1. The van der Waals surface area contributed by atoms with Gasteiger partial charge in [-0.3, -0.25) is 14.4 Å². The second kappa shape index (κ2) is 16.0. The number of benzene rings is 1. The van der Waals surface area contributed by atoms with Crippen LogP contribution in [0.3, 0.4) is 0 Å². The molecule has 2 aliphatic carbocycles. The lowest BCUT2D eigenvalue weighted by Crippen LogP contribution is -2.15. The van der Waals surface area contributed by atoms with E-state index in [-0.39, 0.29) is 35.4 Å². The Bertz CT molecular complexity index is 2650. The number of Topliss-reactive ketones (excluding diaryl/α,β-unsaturated/α-hetero) is 2. The Morgan fingerprint density at radius 1 is 0.702 bits per heavy atom. The Labute approximate surface area is 323 Å². The fourth-order valence-electron chi connectivity index (χ4n) is 6.51. The Hall–Kier alpha value is -6.44. The highest BCUT2D eigenvalue weighted by atomic mass is 19.3. The van der Waals surface area contributed by atoms with E-state index >= 15 is 0 Å². The number of rotatable bonds is 13. The number of aromatic nitrogens is 6. The molecule has 0 radical (unpaired) electrons. The van der Waals surface area contributed by atoms with Crippen LogP contribution in [0.15, 0.2) is 108 Å². The molecule has 0 unspecified atom stereocenters. The summed E-state index contributed by atoms with van der Waals surface area (Å²) in [5.41, 5.74) is 4.36. The molecule has 7 aromatic rings. The van der Waals surface area contributed by atoms with Crippen LogP contribution in [-0.4, -0.2) is 40.3 Å². The first kappa shape index (κ1) is 37.5. The highest BCUT2D eigenvalue weighted by molar-refractivity contribution is 5.96. The van der Waals surface area contributed by atoms with E-state index in [1.807, 2.05) is 59.4 Å². The fourth-order valence-corrected chi connectivity index (χ4v) is 6.51. The van der Waals surface area contributed by atoms with E-state index in [1.165, 1.54) is 42.5 Å². The number of imidazole rings is 2. The van der Waals surface area contributed by atoms with Crippen LogP contribution in [0.2, 0.25) is 0 Å². The van der Waals surface area contributed by atoms with Crippen LogP contribution in [-0.2, 0) is 19.4 Å². The summed E-state index contributed by atoms with van der Waals surface area (Å²) in [7, 11) is 0. The van der Waals surface area contributed by atoms with Gasteiger partial charge in [-0.1, -0.05) is 42.5 Å². The van der Waals surface area contributed by atoms with Crippen molar-refractivity contribution in [1.82, 2.24) is 28.7 Å². The molecule has 0 amide bonds. The Morgan fingerprint density at radius 3 is 1.93 bits per heavy atom. The first-order valence-electron chi connectivity index (χ1n) is 18.6. The van der Waals surface area contributed by atoms with E-state index in [9.17, 15) is 31.9 Å². The molecule has 2 fully saturated rings. The quantitative estimate of drug-likeness (QED) is 0.0917. The SMILES string of the molecule is O=C(Cc1cn2cc(C3CC3)[nH]c2cc1=O)c1cccc(C(F)F)n1.O=C(Cc1cn2cc(C3CC3)nc2cc1OCc1ccccc1)c1cccc(C(F)F)n1. The van der Waals surface area contributed by atoms with Crippen LogP contribution in [0, 0.1) is 0 Å². The van der Waals surface area contributed by atoms with E-state index in [2.05, 4.69) is 15.0 Å². The number of carbonyl (C=O) groups excluding carboxylic acids is 2. The lowest BCUT2D eigenvalue weighted by Gasteiger charge is -2.12. The number of ketones is 2. The molecule has 0 atom stereocenters. The molecule has 0 aliphatic heterocycles. The summed E-state index contributed by atoms with van der Waals surface area (Å²) in [4.78, 5) is 52.9. The molecule has 9 rings (SSSR count). The largest absolute Gasteiger partial charge is 0.488 e. The van der Waals surface area contributed by atoms with Crippen molar-refractivity contribution in [2.45, 2.75) is 69.8 Å². The van der Waals surface area contributed by atoms with Crippen molar-refractivity contribution in [1.29, 1.82) is 0 Å². The molecule has 1 N–H and O–H groups in total. The summed E-state index contributed by atoms with van der Waals surface area (Å²) < 4.78 is 61.2. The number of ether oxygens (including phenoxy) is 1. The topological polar surface area (TPSA) is 124 Å². The molecular formula is C43H36F4N6O4. The number of nitrogens with one attached hydrogen (secondary N) is 1. The van der Waals surface area contributed by atoms with Gasteiger partial charge in [0.2, 0.25) is 0 Å². The van der Waals surface area contributed by atoms with Crippen molar-refractivity contribution < 1.29 is 31.9 Å². The average molecular weight is 777 g/mol. The second-order valence-corrected chi connectivity index (χ2v) is 14.3. The number of halogens is 4. The summed E-state index contributed by atoms with van der Waals surface area (Å²) in [6, 6.07) is 21.0. The Kier molecular flexibility index (Phi) is 10.5. The van der Waals surface area contributed by atoms with Crippen LogP contribution in [0.1, 0.15) is 111 Å². The second-order valence-electron chi connectivity index (χ2n) is 14.3. The Morgan fingerprint density at radius 2 is 1.32 bits per heavy atom. The highest BCUT2D eigenvalue weighted by Crippen LogP contribution is 2.40. The van der Waals surface area contributed by atoms with Crippen LogP contribution >= 0.6 is 0 Å². The lowest BCUT2D eigenvalue weighted by molar-refractivity contribution is 0.0976. The summed E-state index contributed by atoms with van der Waals surface area (Å²) in [6.45, 7) is 0.341. The van der Waals surface area contributed by atoms with Crippen molar-refractivity contribution in [3.63, 3.8) is 0 Å². The van der Waals surface area contributed by atoms with Gasteiger partial charge >= 0.3 is 0 Å². The smallest absolute Gasteiger partial charge is 0.280 e. The van der Waals surface area contributed by atoms with E-state index in [4.69, 9.17) is 9.72 Å². The number of fused-ring (bicyclic) bond motifs is 2. The van der Waals surface area contributed by atoms with E-state index in [0.717, 1.165) is 48.3 Å². The number of pyridine rings is 4. The molecule has 290 valence electrons. The summed E-state index contributed by atoms with van der Waals surface area (Å²) in [6.07, 6.45) is 6.25. The zero-order valence-corrected chi connectivity index (χ0v) is 30.5. The average Bonchev–Trinajstić information content (AvgIpc) is 4.16. The number of hydrogen-bond acceptors (Lipinski definition) is 7. The van der Waals surface area contributed by atoms with Crippen molar-refractivity contribution in [2.24, 2.45) is 0 Å². The molecule has 2 aliphatic rings. The van der Waals surface area contributed by atoms with E-state index < -0.39 is 30.0 Å². The maximum Gasteiger partial charge on any atom is 0.280 e. The normalized spacial score (nSPS) is 13.9. The lowest BCUT2D eigenvalue weighted by atomic mass is 10.1. The first-order chi connectivity index (χ1) is 27.6. The van der Waals surface area contributed by atoms with Crippen molar-refractivity contribution in [3.8, 4) is 5.75 Å². The van der Waals surface area contributed by atoms with E-state index in [1.54, 1.807) is 10.6 Å². The molecule has 6 heterocycles. The number of aromatic amines is 1. The van der Waals surface area contributed by atoms with Gasteiger partial charge in [0.1, 0.15) is 46.4 Å². The fraction of sp³-hybridized carbons (Fsp3) is 0.256. The summed E-state index contributed by atoms with van der Waals surface area (Å²) in [5.74, 6) is 0.750. The summed E-state index contributed by atoms with van der Waals surface area (Å²) in [5, 5.41) is 0. The van der Waals surface area contributed by atoms with Crippen LogP contribution in [0.25, 0.3) is 11.3 Å². The minimum atomic E-state index is -2.74. The van der Waals surface area contributed by atoms with Gasteiger partial charge in [0.15, 0.2) is 17.0 Å². The predicted octanol–water partition coefficient (Wildman–Crippen LogP) is 8.81. The molecular weight excluding hydrogens is 741 g/mol. The zero-order valence-electron chi connectivity index (χ0n) is 30.5. The molecule has 57 heavy (non-hydrogen) atoms. The number of hydrogen-bond donors (Lipinski definition) is 1. The van der Waals surface area contributed by atoms with Gasteiger partial charge in [-0.15, -0.1) is 0 Å². The highest BCUT2D eigenvalue weighted by Gasteiger charge is 2.27. The first-order valence-corrected chi connectivity index (χ1v) is 18.6. The third-order valence-corrected chi connectivity index (χ3v) is 9.87. The van der Waals surface area contributed by atoms with Gasteiger partial charge in [-0.25, -0.2) is 32.5 Å². The molecule has 14 heteroatoms. The minimum Gasteiger partial charge on any atom is -0.488 e. The van der Waals surface area contributed by atoms with Crippen molar-refractivity contribution in [2.75, 3.05) is 0 Å². The van der Waals surface area contributed by atoms with Crippen LogP contribution in [0.4, 0.5) is 17.6 Å². The summed E-state index contributed by atoms with van der Waals surface area (Å²) >= 11 is 0. The van der Waals surface area contributed by atoms with Crippen molar-refractivity contribution in [3.05, 3.63) is 165 Å². The molecule has 0 spiro atoms. The van der Waals surface area contributed by atoms with Gasteiger partial charge in [0.25, 0.3) is 12.9 Å². The number of carbonyl (C=O) groups is 2. The zero-order chi connectivity index (χ0) is 39.6. The molecule has 6 aromatic heterocycles. The van der Waals surface area contributed by atoms with Gasteiger partial charge in [-0.05, 0) is 55.5 Å².